The topological polar surface area (TPSA) is 78.7 Å². The molecule has 0 radical (unpaired) electrons. The fourth-order valence-electron chi connectivity index (χ4n) is 3.67. The molecule has 0 saturated carbocycles. The molecule has 6 nitrogen and oxygen atoms in total. The van der Waals surface area contributed by atoms with Gasteiger partial charge in [-0.25, -0.2) is 4.79 Å². The van der Waals surface area contributed by atoms with Gasteiger partial charge < -0.3 is 16.0 Å². The van der Waals surface area contributed by atoms with Crippen molar-refractivity contribution in [3.63, 3.8) is 0 Å². The Hall–Kier alpha value is -2.09. The highest BCUT2D eigenvalue weighted by atomic mass is 35.5. The number of carbonyl (C=O) groups excluding carboxylic acids is 2. The number of carbonyl (C=O) groups is 2. The first-order valence-electron chi connectivity index (χ1n) is 10.4. The number of hydrogen-bond donors (Lipinski definition) is 2. The molecule has 0 bridgehead atoms. The van der Waals surface area contributed by atoms with Crippen LogP contribution in [0.2, 0.25) is 5.02 Å². The number of urea groups is 1. The van der Waals surface area contributed by atoms with Crippen LogP contribution in [0.1, 0.15) is 31.1 Å². The predicted molar refractivity (Wildman–Crippen MR) is 123 cm³/mol. The lowest BCUT2D eigenvalue weighted by atomic mass is 10.1. The summed E-state index contributed by atoms with van der Waals surface area (Å²) in [6.45, 7) is 5.85. The van der Waals surface area contributed by atoms with Crippen LogP contribution in [0.15, 0.2) is 36.4 Å². The lowest BCUT2D eigenvalue weighted by molar-refractivity contribution is -0.135. The van der Waals surface area contributed by atoms with E-state index >= 15 is 0 Å². The fraction of sp³-hybridized carbons (Fsp3) is 0.455. The van der Waals surface area contributed by atoms with Crippen LogP contribution in [0, 0.1) is 0 Å². The molecule has 2 heterocycles. The molecule has 1 unspecified atom stereocenters. The molecule has 3 N–H and O–H groups in total. The Kier molecular flexibility index (Phi) is 8.13. The van der Waals surface area contributed by atoms with E-state index in [9.17, 15) is 9.59 Å². The van der Waals surface area contributed by atoms with Crippen molar-refractivity contribution in [2.24, 2.45) is 5.73 Å². The van der Waals surface area contributed by atoms with E-state index in [4.69, 9.17) is 17.3 Å². The van der Waals surface area contributed by atoms with E-state index in [1.807, 2.05) is 29.2 Å². The van der Waals surface area contributed by atoms with Crippen LogP contribution in [0.4, 0.5) is 4.79 Å². The first-order valence-corrected chi connectivity index (χ1v) is 11.6. The summed E-state index contributed by atoms with van der Waals surface area (Å²) in [6.07, 6.45) is 2.47. The van der Waals surface area contributed by atoms with Crippen molar-refractivity contribution in [3.05, 3.63) is 46.3 Å². The Balaban J connectivity index is 1.53. The van der Waals surface area contributed by atoms with Crippen LogP contribution in [0.5, 0.6) is 0 Å². The van der Waals surface area contributed by atoms with Crippen molar-refractivity contribution in [1.29, 1.82) is 0 Å². The van der Waals surface area contributed by atoms with Crippen molar-refractivity contribution < 1.29 is 9.59 Å². The Labute approximate surface area is 187 Å². The van der Waals surface area contributed by atoms with Crippen LogP contribution in [-0.2, 0) is 11.3 Å². The van der Waals surface area contributed by atoms with E-state index in [0.29, 0.717) is 19.5 Å². The second-order valence-electron chi connectivity index (χ2n) is 7.55. The standard InChI is InChI=1S/C22H29ClN4O2S/c1-2-3-8-19(25-22(24)29)21(28)27-13-11-26(12-14-27)15-16-9-10-20(30-16)17-6-4-5-7-18(17)23/h4-7,9-10,19H,2-3,8,11-15H2,1H3,(H3,24,25,29). The van der Waals surface area contributed by atoms with Crippen LogP contribution < -0.4 is 11.1 Å². The number of hydrogen-bond acceptors (Lipinski definition) is 4. The molecule has 1 aliphatic heterocycles. The first-order chi connectivity index (χ1) is 14.5. The molecule has 0 spiro atoms. The van der Waals surface area contributed by atoms with Gasteiger partial charge in [0.25, 0.3) is 0 Å². The number of nitrogens with zero attached hydrogens (tertiary/aromatic N) is 2. The van der Waals surface area contributed by atoms with E-state index in [-0.39, 0.29) is 5.91 Å². The highest BCUT2D eigenvalue weighted by Crippen LogP contribution is 2.33. The molecular weight excluding hydrogens is 420 g/mol. The number of primary amides is 1. The lowest BCUT2D eigenvalue weighted by Crippen LogP contribution is -2.55. The molecule has 3 rings (SSSR count). The Morgan fingerprint density at radius 1 is 1.17 bits per heavy atom. The van der Waals surface area contributed by atoms with Gasteiger partial charge in [-0.1, -0.05) is 49.6 Å². The number of halogens is 1. The van der Waals surface area contributed by atoms with Gasteiger partial charge in [0, 0.05) is 53.1 Å². The van der Waals surface area contributed by atoms with Gasteiger partial charge in [0.1, 0.15) is 6.04 Å². The number of nitrogens with one attached hydrogen (secondary N) is 1. The zero-order chi connectivity index (χ0) is 21.5. The second kappa shape index (κ2) is 10.8. The van der Waals surface area contributed by atoms with Crippen molar-refractivity contribution in [3.8, 4) is 10.4 Å². The normalized spacial score (nSPS) is 15.7. The second-order valence-corrected chi connectivity index (χ2v) is 9.13. The van der Waals surface area contributed by atoms with Gasteiger partial charge in [-0.15, -0.1) is 11.3 Å². The average molecular weight is 449 g/mol. The minimum Gasteiger partial charge on any atom is -0.352 e. The summed E-state index contributed by atoms with van der Waals surface area (Å²) in [7, 11) is 0. The molecule has 1 aromatic carbocycles. The minimum atomic E-state index is -0.643. The van der Waals surface area contributed by atoms with Gasteiger partial charge in [-0.3, -0.25) is 9.69 Å². The molecule has 3 amide bonds. The number of piperazine rings is 1. The molecule has 1 aliphatic rings. The first kappa shape index (κ1) is 22.6. The Morgan fingerprint density at radius 2 is 1.90 bits per heavy atom. The SMILES string of the molecule is CCCCC(NC(N)=O)C(=O)N1CCN(Cc2ccc(-c3ccccc3Cl)s2)CC1. The number of nitrogens with two attached hydrogens (primary N) is 1. The highest BCUT2D eigenvalue weighted by molar-refractivity contribution is 7.15. The van der Waals surface area contributed by atoms with Crippen molar-refractivity contribution >= 4 is 34.9 Å². The largest absolute Gasteiger partial charge is 0.352 e. The predicted octanol–water partition coefficient (Wildman–Crippen LogP) is 3.94. The maximum Gasteiger partial charge on any atom is 0.312 e. The number of benzene rings is 1. The summed E-state index contributed by atoms with van der Waals surface area (Å²) < 4.78 is 0. The average Bonchev–Trinajstić information content (AvgIpc) is 3.19. The third kappa shape index (κ3) is 5.97. The van der Waals surface area contributed by atoms with Gasteiger partial charge in [-0.05, 0) is 24.6 Å². The molecule has 8 heteroatoms. The molecule has 30 heavy (non-hydrogen) atoms. The van der Waals surface area contributed by atoms with Gasteiger partial charge >= 0.3 is 6.03 Å². The number of thiophene rings is 1. The zero-order valence-electron chi connectivity index (χ0n) is 17.3. The van der Waals surface area contributed by atoms with Crippen molar-refractivity contribution in [2.45, 2.75) is 38.8 Å². The lowest BCUT2D eigenvalue weighted by Gasteiger charge is -2.36. The highest BCUT2D eigenvalue weighted by Gasteiger charge is 2.28. The van der Waals surface area contributed by atoms with Crippen molar-refractivity contribution in [2.75, 3.05) is 26.2 Å². The minimum absolute atomic E-state index is 0.0287. The van der Waals surface area contributed by atoms with Crippen LogP contribution >= 0.6 is 22.9 Å². The van der Waals surface area contributed by atoms with E-state index in [1.54, 1.807) is 11.3 Å². The number of rotatable bonds is 8. The summed E-state index contributed by atoms with van der Waals surface area (Å²) in [6, 6.07) is 11.0. The maximum absolute atomic E-state index is 12.8. The Bertz CT molecular complexity index is 864. The summed E-state index contributed by atoms with van der Waals surface area (Å²) in [5.74, 6) is -0.0287. The molecule has 1 atom stereocenters. The molecule has 1 fully saturated rings. The fourth-order valence-corrected chi connectivity index (χ4v) is 5.06. The molecule has 1 saturated heterocycles. The summed E-state index contributed by atoms with van der Waals surface area (Å²) in [5.41, 5.74) is 6.32. The zero-order valence-corrected chi connectivity index (χ0v) is 18.8. The monoisotopic (exact) mass is 448 g/mol. The van der Waals surface area contributed by atoms with E-state index in [2.05, 4.69) is 29.3 Å². The maximum atomic E-state index is 12.8. The molecule has 1 aromatic heterocycles. The van der Waals surface area contributed by atoms with Crippen LogP contribution in [0.3, 0.4) is 0 Å². The molecule has 0 aliphatic carbocycles. The number of amides is 3. The molecular formula is C22H29ClN4O2S. The smallest absolute Gasteiger partial charge is 0.312 e. The van der Waals surface area contributed by atoms with Crippen LogP contribution in [-0.4, -0.2) is 54.0 Å². The van der Waals surface area contributed by atoms with E-state index < -0.39 is 12.1 Å². The van der Waals surface area contributed by atoms with E-state index in [0.717, 1.165) is 43.1 Å². The molecule has 162 valence electrons. The van der Waals surface area contributed by atoms with Crippen LogP contribution in [0.25, 0.3) is 10.4 Å². The third-order valence-corrected chi connectivity index (χ3v) is 6.76. The summed E-state index contributed by atoms with van der Waals surface area (Å²) in [5, 5.41) is 3.37. The van der Waals surface area contributed by atoms with Gasteiger partial charge in [-0.2, -0.15) is 0 Å². The third-order valence-electron chi connectivity index (χ3n) is 5.33. The van der Waals surface area contributed by atoms with Gasteiger partial charge in [0.05, 0.1) is 0 Å². The van der Waals surface area contributed by atoms with Gasteiger partial charge in [0.15, 0.2) is 0 Å². The summed E-state index contributed by atoms with van der Waals surface area (Å²) >= 11 is 8.07. The number of unbranched alkanes of at least 4 members (excludes halogenated alkanes) is 1. The Morgan fingerprint density at radius 3 is 2.57 bits per heavy atom. The molecule has 2 aromatic rings. The summed E-state index contributed by atoms with van der Waals surface area (Å²) in [4.78, 5) is 30.7. The van der Waals surface area contributed by atoms with E-state index in [1.165, 1.54) is 9.75 Å². The quantitative estimate of drug-likeness (QED) is 0.642. The van der Waals surface area contributed by atoms with Crippen molar-refractivity contribution in [1.82, 2.24) is 15.1 Å². The van der Waals surface area contributed by atoms with Gasteiger partial charge in [0.2, 0.25) is 5.91 Å².